The third kappa shape index (κ3) is 4.23. The van der Waals surface area contributed by atoms with E-state index in [4.69, 9.17) is 9.72 Å². The first-order valence-corrected chi connectivity index (χ1v) is 10.2. The Labute approximate surface area is 168 Å². The molecule has 2 aromatic heterocycles. The van der Waals surface area contributed by atoms with E-state index in [0.29, 0.717) is 12.5 Å². The smallest absolute Gasteiger partial charge is 0.237 e. The molecule has 1 unspecified atom stereocenters. The average molecular weight is 383 g/mol. The van der Waals surface area contributed by atoms with E-state index in [2.05, 4.69) is 76.9 Å². The molecule has 0 aliphatic carbocycles. The number of rotatable bonds is 6. The Kier molecular flexibility index (Phi) is 5.30. The molecule has 0 radical (unpaired) electrons. The highest BCUT2D eigenvalue weighted by Gasteiger charge is 2.28. The molecule has 5 nitrogen and oxygen atoms in total. The summed E-state index contributed by atoms with van der Waals surface area (Å²) in [5, 5.41) is 7.71. The van der Waals surface area contributed by atoms with Crippen LogP contribution in [0.4, 0.5) is 0 Å². The molecule has 28 heavy (non-hydrogen) atoms. The lowest BCUT2D eigenvalue weighted by atomic mass is 9.71. The van der Waals surface area contributed by atoms with Gasteiger partial charge in [0.15, 0.2) is 5.65 Å². The summed E-state index contributed by atoms with van der Waals surface area (Å²) in [7, 11) is 0. The van der Waals surface area contributed by atoms with Crippen LogP contribution in [0.25, 0.3) is 5.65 Å². The lowest BCUT2D eigenvalue weighted by Gasteiger charge is -2.33. The first kappa shape index (κ1) is 20.4. The van der Waals surface area contributed by atoms with Crippen LogP contribution in [0.5, 0.6) is 5.88 Å². The Bertz CT molecular complexity index is 927. The fraction of sp³-hybridized carbons (Fsp3) is 0.565. The maximum Gasteiger partial charge on any atom is 0.237 e. The fourth-order valence-electron chi connectivity index (χ4n) is 4.28. The van der Waals surface area contributed by atoms with Gasteiger partial charge in [0.05, 0.1) is 6.61 Å². The highest BCUT2D eigenvalue weighted by atomic mass is 16.5. The second-order valence-electron chi connectivity index (χ2n) is 9.71. The van der Waals surface area contributed by atoms with Gasteiger partial charge in [-0.1, -0.05) is 59.7 Å². The summed E-state index contributed by atoms with van der Waals surface area (Å²) >= 11 is 0. The highest BCUT2D eigenvalue weighted by molar-refractivity contribution is 5.44. The minimum absolute atomic E-state index is 0.116. The van der Waals surface area contributed by atoms with Crippen LogP contribution in [-0.2, 0) is 5.41 Å². The molecule has 2 heterocycles. The Hall–Kier alpha value is -2.30. The number of aromatic nitrogens is 4. The van der Waals surface area contributed by atoms with Gasteiger partial charge >= 0.3 is 0 Å². The molecule has 0 amide bonds. The van der Waals surface area contributed by atoms with Crippen LogP contribution in [0.1, 0.15) is 83.3 Å². The van der Waals surface area contributed by atoms with Crippen molar-refractivity contribution in [1.82, 2.24) is 19.8 Å². The van der Waals surface area contributed by atoms with Crippen molar-refractivity contribution in [2.24, 2.45) is 5.41 Å². The Morgan fingerprint density at radius 3 is 2.46 bits per heavy atom. The summed E-state index contributed by atoms with van der Waals surface area (Å²) in [6, 6.07) is 8.75. The van der Waals surface area contributed by atoms with Crippen LogP contribution in [0.2, 0.25) is 0 Å². The fourth-order valence-corrected chi connectivity index (χ4v) is 4.28. The quantitative estimate of drug-likeness (QED) is 0.601. The van der Waals surface area contributed by atoms with Crippen molar-refractivity contribution >= 4 is 5.65 Å². The second-order valence-corrected chi connectivity index (χ2v) is 9.71. The maximum atomic E-state index is 5.45. The van der Waals surface area contributed by atoms with Crippen molar-refractivity contribution in [3.8, 4) is 5.88 Å². The Morgan fingerprint density at radius 2 is 1.86 bits per heavy atom. The molecule has 0 fully saturated rings. The summed E-state index contributed by atoms with van der Waals surface area (Å²) in [6.45, 7) is 18.5. The third-order valence-corrected chi connectivity index (χ3v) is 5.33. The minimum Gasteiger partial charge on any atom is -0.477 e. The van der Waals surface area contributed by atoms with Crippen LogP contribution >= 0.6 is 0 Å². The van der Waals surface area contributed by atoms with Crippen LogP contribution in [-0.4, -0.2) is 26.4 Å². The first-order chi connectivity index (χ1) is 13.0. The zero-order chi connectivity index (χ0) is 20.7. The summed E-state index contributed by atoms with van der Waals surface area (Å²) < 4.78 is 7.15. The molecule has 3 rings (SSSR count). The second kappa shape index (κ2) is 7.26. The van der Waals surface area contributed by atoms with Gasteiger partial charge in [-0.2, -0.15) is 4.63 Å². The predicted octanol–water partition coefficient (Wildman–Crippen LogP) is 5.63. The normalized spacial score (nSPS) is 13.9. The minimum atomic E-state index is 0.116. The number of aromatic amines is 1. The van der Waals surface area contributed by atoms with E-state index in [1.807, 2.05) is 13.0 Å². The van der Waals surface area contributed by atoms with E-state index >= 15 is 0 Å². The van der Waals surface area contributed by atoms with Crippen LogP contribution < -0.4 is 4.74 Å². The largest absolute Gasteiger partial charge is 0.477 e. The van der Waals surface area contributed by atoms with Gasteiger partial charge in [-0.3, -0.25) is 5.10 Å². The Balaban J connectivity index is 1.93. The molecule has 1 atom stereocenters. The summed E-state index contributed by atoms with van der Waals surface area (Å²) in [5.41, 5.74) is 5.15. The monoisotopic (exact) mass is 382 g/mol. The first-order valence-electron chi connectivity index (χ1n) is 10.2. The summed E-state index contributed by atoms with van der Waals surface area (Å²) in [5.74, 6) is 1.67. The number of nitrogens with one attached hydrogen (secondary N) is 1. The Morgan fingerprint density at radius 1 is 1.14 bits per heavy atom. The molecule has 3 aromatic rings. The van der Waals surface area contributed by atoms with E-state index in [9.17, 15) is 0 Å². The van der Waals surface area contributed by atoms with Gasteiger partial charge in [-0.05, 0) is 47.8 Å². The zero-order valence-electron chi connectivity index (χ0n) is 18.6. The topological polar surface area (TPSA) is 55.2 Å². The number of benzene rings is 1. The predicted molar refractivity (Wildman–Crippen MR) is 114 cm³/mol. The van der Waals surface area contributed by atoms with Gasteiger partial charge < -0.3 is 4.74 Å². The maximum absolute atomic E-state index is 5.45. The number of hydrogen-bond donors (Lipinski definition) is 1. The lowest BCUT2D eigenvalue weighted by molar-refractivity contribution is 0.284. The van der Waals surface area contributed by atoms with E-state index < -0.39 is 0 Å². The summed E-state index contributed by atoms with van der Waals surface area (Å²) in [4.78, 5) is 4.75. The number of nitrogens with zero attached hydrogens (tertiary/aromatic N) is 3. The third-order valence-electron chi connectivity index (χ3n) is 5.33. The van der Waals surface area contributed by atoms with Crippen LogP contribution in [0, 0.1) is 12.3 Å². The van der Waals surface area contributed by atoms with Gasteiger partial charge in [0.1, 0.15) is 5.82 Å². The SMILES string of the molecule is CCOc1cc2nc(C(C)c3cc(C(C)(C)CC(C)(C)C)ccc3C)[nH]n2n1. The number of aryl methyl sites for hydroxylation is 1. The molecule has 5 heteroatoms. The van der Waals surface area contributed by atoms with E-state index in [1.165, 1.54) is 16.7 Å². The van der Waals surface area contributed by atoms with Gasteiger partial charge in [0.2, 0.25) is 5.88 Å². The molecule has 0 saturated heterocycles. The number of ether oxygens (including phenoxy) is 1. The molecular weight excluding hydrogens is 348 g/mol. The lowest BCUT2D eigenvalue weighted by Crippen LogP contribution is -2.25. The van der Waals surface area contributed by atoms with Crippen molar-refractivity contribution in [3.05, 3.63) is 46.8 Å². The molecular formula is C23H34N4O. The van der Waals surface area contributed by atoms with E-state index in [1.54, 1.807) is 4.63 Å². The molecule has 1 aromatic carbocycles. The van der Waals surface area contributed by atoms with Crippen molar-refractivity contribution in [3.63, 3.8) is 0 Å². The standard InChI is InChI=1S/C23H34N4O/c1-9-28-20-13-19-24-21(26-27(19)25-20)16(3)18-12-17(11-10-15(18)2)23(7,8)14-22(4,5)6/h10-13,16H,9,14H2,1-8H3,(H,24,26). The molecule has 0 spiro atoms. The van der Waals surface area contributed by atoms with Gasteiger partial charge in [0, 0.05) is 12.0 Å². The molecule has 0 saturated carbocycles. The number of fused-ring (bicyclic) bond motifs is 1. The highest BCUT2D eigenvalue weighted by Crippen LogP contribution is 2.38. The van der Waals surface area contributed by atoms with Crippen molar-refractivity contribution in [2.45, 2.75) is 73.1 Å². The van der Waals surface area contributed by atoms with Gasteiger partial charge in [-0.15, -0.1) is 5.10 Å². The van der Waals surface area contributed by atoms with Crippen LogP contribution in [0.15, 0.2) is 24.3 Å². The van der Waals surface area contributed by atoms with Gasteiger partial charge in [-0.25, -0.2) is 4.98 Å². The number of hydrogen-bond acceptors (Lipinski definition) is 3. The average Bonchev–Trinajstić information content (AvgIpc) is 3.11. The van der Waals surface area contributed by atoms with Crippen LogP contribution in [0.3, 0.4) is 0 Å². The van der Waals surface area contributed by atoms with Crippen molar-refractivity contribution < 1.29 is 4.74 Å². The summed E-state index contributed by atoms with van der Waals surface area (Å²) in [6.07, 6.45) is 1.13. The molecule has 0 aliphatic rings. The van der Waals surface area contributed by atoms with E-state index in [-0.39, 0.29) is 16.7 Å². The molecule has 0 aliphatic heterocycles. The molecule has 152 valence electrons. The number of H-pyrrole nitrogens is 1. The zero-order valence-corrected chi connectivity index (χ0v) is 18.6. The molecule has 1 N–H and O–H groups in total. The van der Waals surface area contributed by atoms with Crippen molar-refractivity contribution in [2.75, 3.05) is 6.61 Å². The van der Waals surface area contributed by atoms with Gasteiger partial charge in [0.25, 0.3) is 0 Å². The van der Waals surface area contributed by atoms with Crippen molar-refractivity contribution in [1.29, 1.82) is 0 Å². The molecule has 0 bridgehead atoms. The van der Waals surface area contributed by atoms with E-state index in [0.717, 1.165) is 17.9 Å².